The Labute approximate surface area is 109 Å². The number of hydrogen-bond acceptors (Lipinski definition) is 3. The number of hydrogen-bond donors (Lipinski definition) is 1. The Morgan fingerprint density at radius 1 is 1.28 bits per heavy atom. The third-order valence-electron chi connectivity index (χ3n) is 2.65. The molecule has 0 aliphatic carbocycles. The Balaban J connectivity index is 2.68. The monoisotopic (exact) mass is 271 g/mol. The molecule has 0 aliphatic heterocycles. The van der Waals surface area contributed by atoms with Gasteiger partial charge in [-0.3, -0.25) is 0 Å². The van der Waals surface area contributed by atoms with Gasteiger partial charge in [-0.2, -0.15) is 0 Å². The molecule has 0 saturated heterocycles. The molecule has 0 amide bonds. The van der Waals surface area contributed by atoms with Gasteiger partial charge in [-0.15, -0.1) is 0 Å². The van der Waals surface area contributed by atoms with E-state index in [1.165, 1.54) is 0 Å². The first-order valence-corrected chi connectivity index (χ1v) is 7.83. The molecule has 1 N–H and O–H groups in total. The van der Waals surface area contributed by atoms with Crippen molar-refractivity contribution >= 4 is 10.0 Å². The minimum atomic E-state index is -3.14. The summed E-state index contributed by atoms with van der Waals surface area (Å²) in [5, 5.41) is 0. The first-order valence-electron chi connectivity index (χ1n) is 6.18. The maximum Gasteiger partial charge on any atom is 0.211 e. The highest BCUT2D eigenvalue weighted by Gasteiger charge is 2.07. The summed E-state index contributed by atoms with van der Waals surface area (Å²) in [5.74, 6) is 0.931. The van der Waals surface area contributed by atoms with Crippen LogP contribution in [-0.4, -0.2) is 20.8 Å². The van der Waals surface area contributed by atoms with Crippen LogP contribution in [0.15, 0.2) is 18.2 Å². The molecule has 4 nitrogen and oxygen atoms in total. The summed E-state index contributed by atoms with van der Waals surface area (Å²) in [6, 6.07) is 5.71. The second kappa shape index (κ2) is 6.75. The van der Waals surface area contributed by atoms with Crippen LogP contribution in [0.25, 0.3) is 0 Å². The van der Waals surface area contributed by atoms with Gasteiger partial charge < -0.3 is 4.74 Å². The Kier molecular flexibility index (Phi) is 5.62. The quantitative estimate of drug-likeness (QED) is 0.827. The van der Waals surface area contributed by atoms with Crippen LogP contribution in [0.1, 0.15) is 31.4 Å². The Hall–Kier alpha value is -1.07. The average Bonchev–Trinajstić information content (AvgIpc) is 2.35. The zero-order chi connectivity index (χ0) is 13.6. The van der Waals surface area contributed by atoms with Gasteiger partial charge in [0.25, 0.3) is 0 Å². The van der Waals surface area contributed by atoms with Crippen molar-refractivity contribution in [3.8, 4) is 5.75 Å². The van der Waals surface area contributed by atoms with Crippen LogP contribution >= 0.6 is 0 Å². The van der Waals surface area contributed by atoms with Crippen LogP contribution in [0.2, 0.25) is 0 Å². The lowest BCUT2D eigenvalue weighted by molar-refractivity contribution is 0.317. The van der Waals surface area contributed by atoms with Crippen LogP contribution in [0.3, 0.4) is 0 Å². The van der Waals surface area contributed by atoms with Crippen LogP contribution in [0.5, 0.6) is 5.75 Å². The molecular formula is C13H21NO3S. The van der Waals surface area contributed by atoms with Gasteiger partial charge in [0.05, 0.1) is 12.4 Å². The topological polar surface area (TPSA) is 55.4 Å². The molecule has 5 heteroatoms. The molecule has 0 spiro atoms. The summed E-state index contributed by atoms with van der Waals surface area (Å²) in [6.07, 6.45) is 0.969. The standard InChI is InChI=1S/C13H21NO3S/c1-4-8-17-13-7-6-12(11(3)9-13)10-14-18(15,16)5-2/h6-7,9,14H,4-5,8,10H2,1-3H3. The first-order chi connectivity index (χ1) is 8.48. The molecule has 0 unspecified atom stereocenters. The highest BCUT2D eigenvalue weighted by molar-refractivity contribution is 7.89. The van der Waals surface area contributed by atoms with Crippen LogP contribution in [0, 0.1) is 6.92 Å². The summed E-state index contributed by atoms with van der Waals surface area (Å²) in [5.41, 5.74) is 2.00. The molecule has 102 valence electrons. The molecule has 0 saturated carbocycles. The van der Waals surface area contributed by atoms with E-state index in [1.807, 2.05) is 25.1 Å². The van der Waals surface area contributed by atoms with Crippen LogP contribution in [-0.2, 0) is 16.6 Å². The van der Waals surface area contributed by atoms with Gasteiger partial charge >= 0.3 is 0 Å². The molecular weight excluding hydrogens is 250 g/mol. The van der Waals surface area contributed by atoms with Crippen molar-refractivity contribution in [2.75, 3.05) is 12.4 Å². The highest BCUT2D eigenvalue weighted by Crippen LogP contribution is 2.17. The van der Waals surface area contributed by atoms with Gasteiger partial charge in [0.15, 0.2) is 0 Å². The largest absolute Gasteiger partial charge is 0.494 e. The Bertz CT molecular complexity index is 483. The fourth-order valence-electron chi connectivity index (χ4n) is 1.47. The summed E-state index contributed by atoms with van der Waals surface area (Å²) in [6.45, 7) is 6.66. The van der Waals surface area contributed by atoms with Crippen molar-refractivity contribution in [1.29, 1.82) is 0 Å². The fourth-order valence-corrected chi connectivity index (χ4v) is 2.05. The van der Waals surface area contributed by atoms with Crippen LogP contribution < -0.4 is 9.46 Å². The second-order valence-electron chi connectivity index (χ2n) is 4.16. The molecule has 0 aromatic heterocycles. The molecule has 0 heterocycles. The van der Waals surface area contributed by atoms with Crippen LogP contribution in [0.4, 0.5) is 0 Å². The summed E-state index contributed by atoms with van der Waals surface area (Å²) < 4.78 is 30.8. The third kappa shape index (κ3) is 4.66. The van der Waals surface area contributed by atoms with E-state index >= 15 is 0 Å². The SMILES string of the molecule is CCCOc1ccc(CNS(=O)(=O)CC)c(C)c1. The minimum absolute atomic E-state index is 0.101. The van der Waals surface area contributed by atoms with E-state index in [0.717, 1.165) is 23.3 Å². The zero-order valence-electron chi connectivity index (χ0n) is 11.2. The molecule has 18 heavy (non-hydrogen) atoms. The van der Waals surface area contributed by atoms with E-state index in [0.29, 0.717) is 13.2 Å². The smallest absolute Gasteiger partial charge is 0.211 e. The van der Waals surface area contributed by atoms with Crippen molar-refractivity contribution in [3.63, 3.8) is 0 Å². The third-order valence-corrected chi connectivity index (χ3v) is 3.99. The number of benzene rings is 1. The van der Waals surface area contributed by atoms with Gasteiger partial charge in [0, 0.05) is 6.54 Å². The molecule has 1 aromatic rings. The van der Waals surface area contributed by atoms with Gasteiger partial charge in [-0.25, -0.2) is 13.1 Å². The number of nitrogens with one attached hydrogen (secondary N) is 1. The molecule has 0 radical (unpaired) electrons. The number of sulfonamides is 1. The second-order valence-corrected chi connectivity index (χ2v) is 6.26. The lowest BCUT2D eigenvalue weighted by Crippen LogP contribution is -2.25. The zero-order valence-corrected chi connectivity index (χ0v) is 12.0. The first kappa shape index (κ1) is 15.0. The summed E-state index contributed by atoms with van der Waals surface area (Å²) in [4.78, 5) is 0. The number of ether oxygens (including phenoxy) is 1. The van der Waals surface area contributed by atoms with Crippen molar-refractivity contribution in [2.45, 2.75) is 33.7 Å². The maximum absolute atomic E-state index is 11.4. The molecule has 1 rings (SSSR count). The molecule has 0 aliphatic rings. The lowest BCUT2D eigenvalue weighted by Gasteiger charge is -2.10. The van der Waals surface area contributed by atoms with Gasteiger partial charge in [0.1, 0.15) is 5.75 Å². The van der Waals surface area contributed by atoms with E-state index in [4.69, 9.17) is 4.74 Å². The van der Waals surface area contributed by atoms with E-state index in [2.05, 4.69) is 11.6 Å². The molecule has 1 aromatic carbocycles. The van der Waals surface area contributed by atoms with Crippen molar-refractivity contribution in [1.82, 2.24) is 4.72 Å². The molecule has 0 fully saturated rings. The van der Waals surface area contributed by atoms with Crippen molar-refractivity contribution in [2.24, 2.45) is 0 Å². The van der Waals surface area contributed by atoms with E-state index in [-0.39, 0.29) is 5.75 Å². The summed E-state index contributed by atoms with van der Waals surface area (Å²) in [7, 11) is -3.14. The Morgan fingerprint density at radius 2 is 2.00 bits per heavy atom. The van der Waals surface area contributed by atoms with Gasteiger partial charge in [-0.05, 0) is 43.5 Å². The number of aryl methyl sites for hydroxylation is 1. The lowest BCUT2D eigenvalue weighted by atomic mass is 10.1. The highest BCUT2D eigenvalue weighted by atomic mass is 32.2. The fraction of sp³-hybridized carbons (Fsp3) is 0.538. The maximum atomic E-state index is 11.4. The predicted molar refractivity (Wildman–Crippen MR) is 73.3 cm³/mol. The minimum Gasteiger partial charge on any atom is -0.494 e. The van der Waals surface area contributed by atoms with E-state index in [9.17, 15) is 8.42 Å². The average molecular weight is 271 g/mol. The van der Waals surface area contributed by atoms with E-state index < -0.39 is 10.0 Å². The predicted octanol–water partition coefficient (Wildman–Crippen LogP) is 2.22. The molecule has 0 atom stereocenters. The Morgan fingerprint density at radius 3 is 2.56 bits per heavy atom. The van der Waals surface area contributed by atoms with Crippen molar-refractivity contribution in [3.05, 3.63) is 29.3 Å². The molecule has 0 bridgehead atoms. The summed E-state index contributed by atoms with van der Waals surface area (Å²) >= 11 is 0. The van der Waals surface area contributed by atoms with E-state index in [1.54, 1.807) is 6.92 Å². The normalized spacial score (nSPS) is 11.5. The van der Waals surface area contributed by atoms with Gasteiger partial charge in [0.2, 0.25) is 10.0 Å². The number of rotatable bonds is 7. The van der Waals surface area contributed by atoms with Crippen molar-refractivity contribution < 1.29 is 13.2 Å². The van der Waals surface area contributed by atoms with Gasteiger partial charge in [-0.1, -0.05) is 13.0 Å².